The van der Waals surface area contributed by atoms with E-state index in [2.05, 4.69) is 28.1 Å². The number of nitrogens with one attached hydrogen (secondary N) is 3. The molecule has 36 heavy (non-hydrogen) atoms. The Balaban J connectivity index is 1.37. The summed E-state index contributed by atoms with van der Waals surface area (Å²) in [4.78, 5) is 49.4. The van der Waals surface area contributed by atoms with Gasteiger partial charge in [-0.25, -0.2) is 9.59 Å². The van der Waals surface area contributed by atoms with Crippen LogP contribution in [0.3, 0.4) is 0 Å². The smallest absolute Gasteiger partial charge is 0.407 e. The molecule has 2 aliphatic rings. The van der Waals surface area contributed by atoms with Gasteiger partial charge < -0.3 is 25.4 Å². The summed E-state index contributed by atoms with van der Waals surface area (Å²) in [5.41, 5.74) is 4.45. The number of rotatable bonds is 4. The second kappa shape index (κ2) is 12.2. The van der Waals surface area contributed by atoms with Crippen molar-refractivity contribution >= 4 is 45.5 Å². The standard InChI is InChI=1S/C25H27N3O6S2/c1-33-24(31)21-14-36-35-13-20(23(30)26-11-10-22(29)27-21)28-25(32)34-12-19-17-8-4-2-6-15(17)16-7-3-5-9-18(16)19/h2-9,19-21H,10-14H2,1H3,(H,26,30)(H,27,29)(H,28,32)/t20-,21?/m0/s1. The first-order chi connectivity index (χ1) is 17.5. The quantitative estimate of drug-likeness (QED) is 0.408. The maximum absolute atomic E-state index is 12.7. The van der Waals surface area contributed by atoms with E-state index in [-0.39, 0.29) is 42.9 Å². The second-order valence-corrected chi connectivity index (χ2v) is 10.8. The van der Waals surface area contributed by atoms with Crippen LogP contribution in [0.2, 0.25) is 0 Å². The molecule has 0 bridgehead atoms. The average Bonchev–Trinajstić information content (AvgIpc) is 3.21. The Kier molecular flexibility index (Phi) is 8.76. The summed E-state index contributed by atoms with van der Waals surface area (Å²) in [6.07, 6.45) is -0.700. The number of amides is 3. The van der Waals surface area contributed by atoms with E-state index < -0.39 is 30.1 Å². The van der Waals surface area contributed by atoms with Crippen molar-refractivity contribution < 1.29 is 28.7 Å². The number of carbonyl (C=O) groups is 4. The molecule has 4 rings (SSSR count). The van der Waals surface area contributed by atoms with E-state index in [1.807, 2.05) is 36.4 Å². The van der Waals surface area contributed by atoms with Crippen LogP contribution in [0.15, 0.2) is 48.5 Å². The minimum atomic E-state index is -0.864. The van der Waals surface area contributed by atoms with Crippen molar-refractivity contribution in [2.45, 2.75) is 24.4 Å². The van der Waals surface area contributed by atoms with E-state index in [1.54, 1.807) is 0 Å². The first-order valence-corrected chi connectivity index (χ1v) is 14.0. The topological polar surface area (TPSA) is 123 Å². The molecule has 1 fully saturated rings. The fourth-order valence-electron chi connectivity index (χ4n) is 4.20. The predicted molar refractivity (Wildman–Crippen MR) is 138 cm³/mol. The van der Waals surface area contributed by atoms with Crippen LogP contribution < -0.4 is 16.0 Å². The molecule has 1 aliphatic carbocycles. The number of alkyl carbamates (subject to hydrolysis) is 1. The monoisotopic (exact) mass is 529 g/mol. The zero-order chi connectivity index (χ0) is 25.5. The molecule has 2 aromatic carbocycles. The van der Waals surface area contributed by atoms with Gasteiger partial charge in [-0.2, -0.15) is 0 Å². The average molecular weight is 530 g/mol. The fourth-order valence-corrected chi connectivity index (χ4v) is 6.51. The molecule has 190 valence electrons. The highest BCUT2D eigenvalue weighted by molar-refractivity contribution is 8.76. The molecule has 1 unspecified atom stereocenters. The van der Waals surface area contributed by atoms with Gasteiger partial charge in [-0.3, -0.25) is 9.59 Å². The maximum atomic E-state index is 12.7. The van der Waals surface area contributed by atoms with Gasteiger partial charge in [-0.15, -0.1) is 0 Å². The first-order valence-electron chi connectivity index (χ1n) is 11.5. The number of carbonyl (C=O) groups excluding carboxylic acids is 4. The molecule has 11 heteroatoms. The van der Waals surface area contributed by atoms with Crippen LogP contribution >= 0.6 is 21.6 Å². The van der Waals surface area contributed by atoms with Gasteiger partial charge in [0.05, 0.1) is 7.11 Å². The van der Waals surface area contributed by atoms with Crippen LogP contribution in [0.5, 0.6) is 0 Å². The molecule has 2 atom stereocenters. The second-order valence-electron chi connectivity index (χ2n) is 8.28. The molecule has 0 aromatic heterocycles. The lowest BCUT2D eigenvalue weighted by Gasteiger charge is -2.21. The van der Waals surface area contributed by atoms with E-state index in [4.69, 9.17) is 9.47 Å². The summed E-state index contributed by atoms with van der Waals surface area (Å²) in [7, 11) is 3.87. The minimum Gasteiger partial charge on any atom is -0.467 e. The number of methoxy groups -OCH3 is 1. The number of hydrogen-bond acceptors (Lipinski definition) is 8. The van der Waals surface area contributed by atoms with Gasteiger partial charge >= 0.3 is 12.1 Å². The van der Waals surface area contributed by atoms with Crippen molar-refractivity contribution in [1.82, 2.24) is 16.0 Å². The van der Waals surface area contributed by atoms with Gasteiger partial charge in [0.1, 0.15) is 18.7 Å². The van der Waals surface area contributed by atoms with Crippen LogP contribution in [0, 0.1) is 0 Å². The third kappa shape index (κ3) is 6.14. The first kappa shape index (κ1) is 25.9. The molecule has 0 radical (unpaired) electrons. The van der Waals surface area contributed by atoms with Gasteiger partial charge in [0, 0.05) is 30.4 Å². The molecule has 3 N–H and O–H groups in total. The van der Waals surface area contributed by atoms with E-state index in [9.17, 15) is 19.2 Å². The van der Waals surface area contributed by atoms with Gasteiger partial charge in [-0.1, -0.05) is 70.1 Å². The number of ether oxygens (including phenoxy) is 2. The highest BCUT2D eigenvalue weighted by Crippen LogP contribution is 2.44. The Morgan fingerprint density at radius 2 is 1.64 bits per heavy atom. The SMILES string of the molecule is COC(=O)C1CSSC[C@H](NC(=O)OCC2c3ccccc3-c3ccccc32)C(=O)NCCC(=O)N1. The van der Waals surface area contributed by atoms with E-state index in [0.717, 1.165) is 22.3 Å². The molecule has 0 spiro atoms. The minimum absolute atomic E-state index is 0.00525. The van der Waals surface area contributed by atoms with Crippen molar-refractivity contribution in [1.29, 1.82) is 0 Å². The summed E-state index contributed by atoms with van der Waals surface area (Å²) < 4.78 is 10.3. The molecular formula is C25H27N3O6S2. The fraction of sp³-hybridized carbons (Fsp3) is 0.360. The van der Waals surface area contributed by atoms with Gasteiger partial charge in [-0.05, 0) is 22.3 Å². The van der Waals surface area contributed by atoms with Gasteiger partial charge in [0.2, 0.25) is 11.8 Å². The van der Waals surface area contributed by atoms with Crippen molar-refractivity contribution in [2.75, 3.05) is 31.8 Å². The van der Waals surface area contributed by atoms with Crippen LogP contribution in [-0.2, 0) is 23.9 Å². The van der Waals surface area contributed by atoms with E-state index in [1.165, 1.54) is 28.7 Å². The number of benzene rings is 2. The Bertz CT molecular complexity index is 1100. The normalized spacial score (nSPS) is 20.5. The molecule has 3 amide bonds. The summed E-state index contributed by atoms with van der Waals surface area (Å²) in [6.45, 7) is 0.205. The third-order valence-electron chi connectivity index (χ3n) is 5.98. The lowest BCUT2D eigenvalue weighted by molar-refractivity contribution is -0.144. The lowest BCUT2D eigenvalue weighted by atomic mass is 9.98. The van der Waals surface area contributed by atoms with Crippen LogP contribution in [0.25, 0.3) is 11.1 Å². The highest BCUT2D eigenvalue weighted by atomic mass is 33.1. The molecule has 2 aromatic rings. The number of hydrogen-bond donors (Lipinski definition) is 3. The molecule has 1 aliphatic heterocycles. The summed E-state index contributed by atoms with van der Waals surface area (Å²) in [6, 6.07) is 14.4. The molecule has 9 nitrogen and oxygen atoms in total. The van der Waals surface area contributed by atoms with Crippen LogP contribution in [-0.4, -0.2) is 67.7 Å². The molecule has 1 saturated heterocycles. The zero-order valence-corrected chi connectivity index (χ0v) is 21.3. The van der Waals surface area contributed by atoms with Crippen molar-refractivity contribution in [2.24, 2.45) is 0 Å². The predicted octanol–water partition coefficient (Wildman–Crippen LogP) is 2.45. The van der Waals surface area contributed by atoms with Crippen molar-refractivity contribution in [3.05, 3.63) is 59.7 Å². The lowest BCUT2D eigenvalue weighted by Crippen LogP contribution is -2.50. The molecule has 0 saturated carbocycles. The maximum Gasteiger partial charge on any atom is 0.407 e. The summed E-state index contributed by atoms with van der Waals surface area (Å²) >= 11 is 0. The molecular weight excluding hydrogens is 502 g/mol. The Morgan fingerprint density at radius 1 is 1.00 bits per heavy atom. The van der Waals surface area contributed by atoms with E-state index >= 15 is 0 Å². The largest absolute Gasteiger partial charge is 0.467 e. The van der Waals surface area contributed by atoms with Crippen molar-refractivity contribution in [3.8, 4) is 11.1 Å². The third-order valence-corrected chi connectivity index (χ3v) is 8.40. The highest BCUT2D eigenvalue weighted by Gasteiger charge is 2.30. The van der Waals surface area contributed by atoms with Crippen LogP contribution in [0.1, 0.15) is 23.5 Å². The summed E-state index contributed by atoms with van der Waals surface area (Å²) in [5, 5.41) is 7.92. The van der Waals surface area contributed by atoms with Crippen molar-refractivity contribution in [3.63, 3.8) is 0 Å². The number of fused-ring (bicyclic) bond motifs is 3. The Morgan fingerprint density at radius 3 is 2.31 bits per heavy atom. The Hall–Kier alpha value is -3.18. The van der Waals surface area contributed by atoms with Gasteiger partial charge in [0.25, 0.3) is 0 Å². The zero-order valence-electron chi connectivity index (χ0n) is 19.7. The summed E-state index contributed by atoms with van der Waals surface area (Å²) in [5.74, 6) is -0.893. The number of esters is 1. The Labute approximate surface area is 216 Å². The van der Waals surface area contributed by atoms with E-state index in [0.29, 0.717) is 0 Å². The van der Waals surface area contributed by atoms with Gasteiger partial charge in [0.15, 0.2) is 0 Å². The molecule has 1 heterocycles. The van der Waals surface area contributed by atoms with Crippen LogP contribution in [0.4, 0.5) is 4.79 Å².